The van der Waals surface area contributed by atoms with Gasteiger partial charge in [-0.2, -0.15) is 0 Å². The fraction of sp³-hybridized carbons (Fsp3) is 0.231. The van der Waals surface area contributed by atoms with Crippen molar-refractivity contribution in [3.63, 3.8) is 0 Å². The van der Waals surface area contributed by atoms with E-state index in [9.17, 15) is 14.7 Å². The Bertz CT molecular complexity index is 1120. The van der Waals surface area contributed by atoms with Crippen LogP contribution in [0.25, 0.3) is 0 Å². The van der Waals surface area contributed by atoms with Gasteiger partial charge in [0, 0.05) is 35.5 Å². The van der Waals surface area contributed by atoms with Crippen molar-refractivity contribution >= 4 is 23.4 Å². The van der Waals surface area contributed by atoms with Gasteiger partial charge in [0.1, 0.15) is 17.2 Å². The molecule has 0 aliphatic carbocycles. The molecule has 0 fully saturated rings. The molecular formula is C26H22ClNaO5. The minimum absolute atomic E-state index is 0. The van der Waals surface area contributed by atoms with Crippen LogP contribution in [0, 0.1) is 0 Å². The van der Waals surface area contributed by atoms with Crippen LogP contribution >= 0.6 is 11.6 Å². The fourth-order valence-electron chi connectivity index (χ4n) is 3.79. The molecule has 1 atom stereocenters. The number of Topliss-reactive ketones (excluding diaryl/α,β-unsaturated/α-hetero) is 1. The molecule has 1 unspecified atom stereocenters. The number of carbonyl (C=O) groups excluding carboxylic acids is 2. The number of hydrogen-bond donors (Lipinski definition) is 0. The molecule has 1 aliphatic rings. The molecule has 0 spiro atoms. The fourth-order valence-corrected chi connectivity index (χ4v) is 4.00. The number of benzene rings is 3. The maximum atomic E-state index is 12.5. The number of fused-ring (bicyclic) bond motifs is 1. The summed E-state index contributed by atoms with van der Waals surface area (Å²) in [5.41, 5.74) is 2.34. The molecule has 3 aromatic carbocycles. The summed E-state index contributed by atoms with van der Waals surface area (Å²) in [4.78, 5) is 23.8. The zero-order chi connectivity index (χ0) is 22.5. The van der Waals surface area contributed by atoms with Crippen molar-refractivity contribution < 1.29 is 53.7 Å². The number of ketones is 1. The first-order valence-corrected chi connectivity index (χ1v) is 10.9. The van der Waals surface area contributed by atoms with Gasteiger partial charge in [-0.15, -0.1) is 0 Å². The number of carbonyl (C=O) groups is 2. The molecule has 0 radical (unpaired) electrons. The number of hydrogen-bond acceptors (Lipinski definition) is 5. The minimum atomic E-state index is -1.15. The summed E-state index contributed by atoms with van der Waals surface area (Å²) in [6.07, 6.45) is 2.47. The van der Waals surface area contributed by atoms with Crippen molar-refractivity contribution in [1.29, 1.82) is 0 Å². The van der Waals surface area contributed by atoms with Crippen LogP contribution in [-0.4, -0.2) is 18.4 Å². The number of aliphatic carboxylic acids is 1. The molecule has 0 aromatic heterocycles. The van der Waals surface area contributed by atoms with Gasteiger partial charge in [0.2, 0.25) is 0 Å². The summed E-state index contributed by atoms with van der Waals surface area (Å²) < 4.78 is 11.4. The van der Waals surface area contributed by atoms with Gasteiger partial charge < -0.3 is 19.4 Å². The number of halogens is 1. The van der Waals surface area contributed by atoms with Crippen molar-refractivity contribution in [2.24, 2.45) is 0 Å². The average molecular weight is 473 g/mol. The molecule has 7 heteroatoms. The normalized spacial score (nSPS) is 14.4. The Morgan fingerprint density at radius 3 is 2.48 bits per heavy atom. The Balaban J connectivity index is 0.00000306. The van der Waals surface area contributed by atoms with Gasteiger partial charge in [0.25, 0.3) is 0 Å². The van der Waals surface area contributed by atoms with E-state index in [2.05, 4.69) is 12.1 Å². The molecule has 4 rings (SSSR count). The van der Waals surface area contributed by atoms with E-state index in [-0.39, 0.29) is 47.0 Å². The second kappa shape index (κ2) is 11.7. The summed E-state index contributed by atoms with van der Waals surface area (Å²) in [6, 6.07) is 20.1. The van der Waals surface area contributed by atoms with E-state index in [1.165, 1.54) is 5.56 Å². The number of aryl methyl sites for hydroxylation is 1. The van der Waals surface area contributed by atoms with E-state index in [0.29, 0.717) is 41.2 Å². The molecule has 0 saturated heterocycles. The van der Waals surface area contributed by atoms with E-state index >= 15 is 0 Å². The number of carboxylic acids is 1. The van der Waals surface area contributed by atoms with Gasteiger partial charge in [-0.25, -0.2) is 0 Å². The van der Waals surface area contributed by atoms with Crippen molar-refractivity contribution in [1.82, 2.24) is 0 Å². The molecule has 0 amide bonds. The first kappa shape index (κ1) is 25.3. The predicted octanol–water partition coefficient (Wildman–Crippen LogP) is 1.96. The smallest absolute Gasteiger partial charge is 0.549 e. The third kappa shape index (κ3) is 6.39. The van der Waals surface area contributed by atoms with E-state index in [4.69, 9.17) is 21.1 Å². The van der Waals surface area contributed by atoms with Crippen LogP contribution in [0.5, 0.6) is 17.2 Å². The molecule has 0 bridgehead atoms. The molecule has 3 aromatic rings. The Morgan fingerprint density at radius 2 is 1.79 bits per heavy atom. The van der Waals surface area contributed by atoms with Gasteiger partial charge in [0.15, 0.2) is 5.78 Å². The monoisotopic (exact) mass is 472 g/mol. The summed E-state index contributed by atoms with van der Waals surface area (Å²) in [6.45, 7) is 0.286. The van der Waals surface area contributed by atoms with Crippen molar-refractivity contribution in [3.05, 3.63) is 88.4 Å². The largest absolute Gasteiger partial charge is 1.00 e. The van der Waals surface area contributed by atoms with E-state index in [0.717, 1.165) is 12.8 Å². The van der Waals surface area contributed by atoms with Crippen LogP contribution in [0.3, 0.4) is 0 Å². The quantitative estimate of drug-likeness (QED) is 0.370. The first-order chi connectivity index (χ1) is 15.5. The van der Waals surface area contributed by atoms with E-state index < -0.39 is 11.9 Å². The topological polar surface area (TPSA) is 75.7 Å². The SMILES string of the molecule is O=C(CCCc1ccccc1)c1ccc(Oc2cc3c(cc2Cl)C(C(=O)[O-])CCO3)cc1.[Na+]. The van der Waals surface area contributed by atoms with Gasteiger partial charge in [-0.3, -0.25) is 4.79 Å². The third-order valence-corrected chi connectivity index (χ3v) is 5.80. The Hall–Kier alpha value is -2.31. The summed E-state index contributed by atoms with van der Waals surface area (Å²) in [5.74, 6) is -0.525. The average Bonchev–Trinajstić information content (AvgIpc) is 2.80. The molecule has 5 nitrogen and oxygen atoms in total. The van der Waals surface area contributed by atoms with Crippen LogP contribution in [0.15, 0.2) is 66.7 Å². The molecule has 1 heterocycles. The minimum Gasteiger partial charge on any atom is -0.549 e. The summed E-state index contributed by atoms with van der Waals surface area (Å²) >= 11 is 6.32. The standard InChI is InChI=1S/C26H23ClO5.Na/c27-22-15-21-20(26(29)30)13-14-31-24(21)16-25(22)32-19-11-9-18(10-12-19)23(28)8-4-7-17-5-2-1-3-6-17;/h1-3,5-6,9-12,15-16,20H,4,7-8,13-14H2,(H,29,30);/q;+1/p-1. The molecule has 0 saturated carbocycles. The maximum absolute atomic E-state index is 12.5. The van der Waals surface area contributed by atoms with Gasteiger partial charge in [-0.1, -0.05) is 41.9 Å². The van der Waals surface area contributed by atoms with Crippen LogP contribution in [0.1, 0.15) is 46.7 Å². The van der Waals surface area contributed by atoms with E-state index in [1.54, 1.807) is 36.4 Å². The molecular weight excluding hydrogens is 451 g/mol. The maximum Gasteiger partial charge on any atom is 1.00 e. The number of rotatable bonds is 8. The first-order valence-electron chi connectivity index (χ1n) is 10.5. The molecule has 164 valence electrons. The summed E-state index contributed by atoms with van der Waals surface area (Å²) in [7, 11) is 0. The molecule has 1 aliphatic heterocycles. The van der Waals surface area contributed by atoms with Gasteiger partial charge >= 0.3 is 29.6 Å². The summed E-state index contributed by atoms with van der Waals surface area (Å²) in [5, 5.41) is 11.6. The van der Waals surface area contributed by atoms with Crippen molar-refractivity contribution in [2.45, 2.75) is 31.6 Å². The molecule has 33 heavy (non-hydrogen) atoms. The second-order valence-electron chi connectivity index (χ2n) is 7.72. The van der Waals surface area contributed by atoms with Crippen LogP contribution in [-0.2, 0) is 11.2 Å². The molecule has 0 N–H and O–H groups in total. The van der Waals surface area contributed by atoms with Crippen LogP contribution < -0.4 is 44.1 Å². The van der Waals surface area contributed by atoms with Crippen LogP contribution in [0.2, 0.25) is 5.02 Å². The van der Waals surface area contributed by atoms with Crippen molar-refractivity contribution in [3.8, 4) is 17.2 Å². The Kier molecular flexibility index (Phi) is 8.98. The van der Waals surface area contributed by atoms with E-state index in [1.807, 2.05) is 18.2 Å². The zero-order valence-electron chi connectivity index (χ0n) is 18.4. The number of ether oxygens (including phenoxy) is 2. The third-order valence-electron chi connectivity index (χ3n) is 5.50. The van der Waals surface area contributed by atoms with Crippen molar-refractivity contribution in [2.75, 3.05) is 6.61 Å². The Labute approximate surface area is 220 Å². The Morgan fingerprint density at radius 1 is 1.06 bits per heavy atom. The van der Waals surface area contributed by atoms with Crippen LogP contribution in [0.4, 0.5) is 0 Å². The zero-order valence-corrected chi connectivity index (χ0v) is 21.1. The predicted molar refractivity (Wildman–Crippen MR) is 120 cm³/mol. The number of carboxylic acid groups (broad SMARTS) is 1. The second-order valence-corrected chi connectivity index (χ2v) is 8.13. The van der Waals surface area contributed by atoms with Gasteiger partial charge in [-0.05, 0) is 55.2 Å². The van der Waals surface area contributed by atoms with Gasteiger partial charge in [0.05, 0.1) is 11.6 Å².